The molecule has 0 spiro atoms. The second kappa shape index (κ2) is 6.37. The van der Waals surface area contributed by atoms with Gasteiger partial charge in [0.1, 0.15) is 14.4 Å². The minimum atomic E-state index is -1.97. The standard InChI is InChI=1S/C14H31FOSi2/c1-11(2)18(12(3)4,13(5)6)14(10-15)16-17(7,8)9/h10-13H,1-9H3/b14-10+. The summed E-state index contributed by atoms with van der Waals surface area (Å²) in [5, 5.41) is 0.696. The number of rotatable bonds is 6. The average molecular weight is 291 g/mol. The van der Waals surface area contributed by atoms with Gasteiger partial charge in [-0.05, 0) is 36.3 Å². The first kappa shape index (κ1) is 17.9. The predicted molar refractivity (Wildman–Crippen MR) is 84.7 cm³/mol. The minimum absolute atomic E-state index is 0.482. The highest BCUT2D eigenvalue weighted by molar-refractivity contribution is 6.90. The molecule has 1 nitrogen and oxygen atoms in total. The quantitative estimate of drug-likeness (QED) is 0.439. The Labute approximate surface area is 115 Å². The third-order valence-corrected chi connectivity index (χ3v) is 11.6. The highest BCUT2D eigenvalue weighted by atomic mass is 28.4. The Balaban J connectivity index is 5.69. The van der Waals surface area contributed by atoms with Gasteiger partial charge < -0.3 is 4.43 Å². The van der Waals surface area contributed by atoms with E-state index in [0.717, 1.165) is 6.33 Å². The zero-order valence-electron chi connectivity index (χ0n) is 13.6. The molecule has 0 radical (unpaired) electrons. The molecule has 0 saturated heterocycles. The van der Waals surface area contributed by atoms with Gasteiger partial charge >= 0.3 is 0 Å². The summed E-state index contributed by atoms with van der Waals surface area (Å²) in [4.78, 5) is 0. The van der Waals surface area contributed by atoms with E-state index >= 15 is 0 Å². The van der Waals surface area contributed by atoms with Crippen LogP contribution in [0.1, 0.15) is 41.5 Å². The van der Waals surface area contributed by atoms with Gasteiger partial charge in [0.15, 0.2) is 0 Å². The van der Waals surface area contributed by atoms with E-state index in [9.17, 15) is 4.39 Å². The van der Waals surface area contributed by atoms with Gasteiger partial charge in [0.2, 0.25) is 8.32 Å². The topological polar surface area (TPSA) is 9.23 Å². The summed E-state index contributed by atoms with van der Waals surface area (Å²) < 4.78 is 19.7. The molecule has 0 N–H and O–H groups in total. The van der Waals surface area contributed by atoms with E-state index in [1.807, 2.05) is 0 Å². The van der Waals surface area contributed by atoms with Crippen molar-refractivity contribution in [3.05, 3.63) is 11.7 Å². The Morgan fingerprint density at radius 2 is 1.22 bits per heavy atom. The number of hydrogen-bond donors (Lipinski definition) is 0. The molecule has 0 aliphatic heterocycles. The van der Waals surface area contributed by atoms with E-state index in [1.54, 1.807) is 0 Å². The molecule has 0 bridgehead atoms. The SMILES string of the molecule is CC(C)[Si](/C(=C/F)O[Si](C)(C)C)(C(C)C)C(C)C. The fourth-order valence-corrected chi connectivity index (χ4v) is 11.6. The molecule has 0 amide bonds. The molecule has 18 heavy (non-hydrogen) atoms. The zero-order valence-corrected chi connectivity index (χ0v) is 15.6. The third kappa shape index (κ3) is 3.70. The van der Waals surface area contributed by atoms with E-state index in [2.05, 4.69) is 61.2 Å². The van der Waals surface area contributed by atoms with Crippen molar-refractivity contribution in [2.45, 2.75) is 77.8 Å². The monoisotopic (exact) mass is 290 g/mol. The van der Waals surface area contributed by atoms with E-state index < -0.39 is 16.4 Å². The van der Waals surface area contributed by atoms with Crippen molar-refractivity contribution in [1.29, 1.82) is 0 Å². The van der Waals surface area contributed by atoms with Crippen molar-refractivity contribution in [3.8, 4) is 0 Å². The molecule has 0 saturated carbocycles. The van der Waals surface area contributed by atoms with Crippen LogP contribution in [0.2, 0.25) is 36.3 Å². The second-order valence-corrected chi connectivity index (χ2v) is 17.3. The fourth-order valence-electron chi connectivity index (χ4n) is 3.39. The Morgan fingerprint density at radius 3 is 1.39 bits per heavy atom. The normalized spacial score (nSPS) is 14.8. The second-order valence-electron chi connectivity index (χ2n) is 7.08. The lowest BCUT2D eigenvalue weighted by Gasteiger charge is -2.45. The van der Waals surface area contributed by atoms with Gasteiger partial charge in [0, 0.05) is 0 Å². The fraction of sp³-hybridized carbons (Fsp3) is 0.857. The summed E-state index contributed by atoms with van der Waals surface area (Å²) in [5.74, 6) is 0. The summed E-state index contributed by atoms with van der Waals surface area (Å²) in [6, 6.07) is 0. The zero-order chi connectivity index (χ0) is 14.7. The van der Waals surface area contributed by atoms with Crippen LogP contribution in [-0.4, -0.2) is 16.4 Å². The summed E-state index contributed by atoms with van der Waals surface area (Å²) in [7, 11) is -3.73. The van der Waals surface area contributed by atoms with Gasteiger partial charge in [0.25, 0.3) is 0 Å². The van der Waals surface area contributed by atoms with E-state index in [0.29, 0.717) is 22.0 Å². The molecule has 0 rings (SSSR count). The summed E-state index contributed by atoms with van der Waals surface area (Å²) in [5.41, 5.74) is 1.45. The first-order valence-corrected chi connectivity index (χ1v) is 12.6. The van der Waals surface area contributed by atoms with Crippen LogP contribution in [0.5, 0.6) is 0 Å². The highest BCUT2D eigenvalue weighted by Crippen LogP contribution is 2.47. The summed E-state index contributed by atoms with van der Waals surface area (Å²) >= 11 is 0. The van der Waals surface area contributed by atoms with Crippen LogP contribution in [0.25, 0.3) is 0 Å². The van der Waals surface area contributed by atoms with Crippen LogP contribution in [-0.2, 0) is 4.43 Å². The van der Waals surface area contributed by atoms with Crippen LogP contribution >= 0.6 is 0 Å². The van der Waals surface area contributed by atoms with Crippen molar-refractivity contribution < 1.29 is 8.82 Å². The maximum atomic E-state index is 13.5. The summed E-state index contributed by atoms with van der Waals surface area (Å²) in [6.45, 7) is 19.7. The maximum absolute atomic E-state index is 13.5. The molecule has 4 heteroatoms. The summed E-state index contributed by atoms with van der Waals surface area (Å²) in [6.07, 6.45) is 0.768. The van der Waals surface area contributed by atoms with E-state index in [1.165, 1.54) is 0 Å². The lowest BCUT2D eigenvalue weighted by molar-refractivity contribution is 0.427. The molecule has 0 aliphatic carbocycles. The average Bonchev–Trinajstić information content (AvgIpc) is 2.13. The Morgan fingerprint density at radius 1 is 0.889 bits per heavy atom. The van der Waals surface area contributed by atoms with Crippen LogP contribution in [0.15, 0.2) is 11.7 Å². The van der Waals surface area contributed by atoms with Gasteiger partial charge in [-0.15, -0.1) is 0 Å². The van der Waals surface area contributed by atoms with Crippen molar-refractivity contribution in [3.63, 3.8) is 0 Å². The Hall–Kier alpha value is -0.0962. The number of halogens is 1. The van der Waals surface area contributed by atoms with Crippen LogP contribution in [0.3, 0.4) is 0 Å². The lowest BCUT2D eigenvalue weighted by Crippen LogP contribution is -2.49. The van der Waals surface area contributed by atoms with E-state index in [4.69, 9.17) is 4.43 Å². The maximum Gasteiger partial charge on any atom is 0.241 e. The highest BCUT2D eigenvalue weighted by Gasteiger charge is 2.48. The lowest BCUT2D eigenvalue weighted by atomic mass is 10.5. The molecular weight excluding hydrogens is 259 g/mol. The molecule has 0 aromatic heterocycles. The molecule has 0 aromatic carbocycles. The number of hydrogen-bond acceptors (Lipinski definition) is 1. The molecule has 0 aromatic rings. The van der Waals surface area contributed by atoms with Crippen LogP contribution < -0.4 is 0 Å². The van der Waals surface area contributed by atoms with Gasteiger partial charge in [-0.1, -0.05) is 41.5 Å². The van der Waals surface area contributed by atoms with Gasteiger partial charge in [-0.25, -0.2) is 4.39 Å². The van der Waals surface area contributed by atoms with E-state index in [-0.39, 0.29) is 0 Å². The molecule has 0 fully saturated rings. The largest absolute Gasteiger partial charge is 0.549 e. The Bertz CT molecular complexity index is 269. The molecular formula is C14H31FOSi2. The van der Waals surface area contributed by atoms with Crippen molar-refractivity contribution in [1.82, 2.24) is 0 Å². The van der Waals surface area contributed by atoms with Crippen LogP contribution in [0.4, 0.5) is 4.39 Å². The molecule has 108 valence electrons. The smallest absolute Gasteiger partial charge is 0.241 e. The first-order valence-electron chi connectivity index (χ1n) is 7.00. The van der Waals surface area contributed by atoms with Gasteiger partial charge in [-0.2, -0.15) is 0 Å². The minimum Gasteiger partial charge on any atom is -0.549 e. The Kier molecular flexibility index (Phi) is 6.34. The van der Waals surface area contributed by atoms with Gasteiger partial charge in [0.05, 0.1) is 5.38 Å². The van der Waals surface area contributed by atoms with Crippen molar-refractivity contribution >= 4 is 16.4 Å². The first-order chi connectivity index (χ1) is 8.00. The molecule has 0 unspecified atom stereocenters. The van der Waals surface area contributed by atoms with Gasteiger partial charge in [-0.3, -0.25) is 0 Å². The van der Waals surface area contributed by atoms with Crippen LogP contribution in [0, 0.1) is 0 Å². The third-order valence-electron chi connectivity index (χ3n) is 3.81. The molecule has 0 heterocycles. The van der Waals surface area contributed by atoms with Crippen molar-refractivity contribution in [2.75, 3.05) is 0 Å². The molecule has 0 aliphatic rings. The van der Waals surface area contributed by atoms with Crippen molar-refractivity contribution in [2.24, 2.45) is 0 Å². The predicted octanol–water partition coefficient (Wildman–Crippen LogP) is 5.87. The molecule has 0 atom stereocenters.